The molecule has 1 saturated heterocycles. The van der Waals surface area contributed by atoms with Gasteiger partial charge in [-0.05, 0) is 12.8 Å². The number of carbonyl (C=O) groups excluding carboxylic acids is 1. The van der Waals surface area contributed by atoms with Crippen molar-refractivity contribution in [2.45, 2.75) is 31.3 Å². The molecule has 10 heteroatoms. The van der Waals surface area contributed by atoms with Gasteiger partial charge in [-0.25, -0.2) is 4.98 Å². The second kappa shape index (κ2) is 8.10. The normalized spacial score (nSPS) is 16.2. The zero-order valence-electron chi connectivity index (χ0n) is 15.1. The Hall–Kier alpha value is -2.39. The first-order valence-electron chi connectivity index (χ1n) is 8.52. The van der Waals surface area contributed by atoms with Crippen molar-refractivity contribution in [3.05, 3.63) is 28.9 Å². The van der Waals surface area contributed by atoms with Gasteiger partial charge in [0.25, 0.3) is 0 Å². The average molecular weight is 397 g/mol. The maximum Gasteiger partial charge on any atom is 0.241 e. The van der Waals surface area contributed by atoms with E-state index in [-0.39, 0.29) is 23.4 Å². The van der Waals surface area contributed by atoms with Crippen LogP contribution in [0.5, 0.6) is 11.8 Å². The summed E-state index contributed by atoms with van der Waals surface area (Å²) >= 11 is 5.70. The fraction of sp³-hybridized carbons (Fsp3) is 0.529. The Kier molecular flexibility index (Phi) is 5.81. The van der Waals surface area contributed by atoms with E-state index < -0.39 is 5.60 Å². The second-order valence-corrected chi connectivity index (χ2v) is 6.69. The van der Waals surface area contributed by atoms with Crippen molar-refractivity contribution in [3.8, 4) is 11.8 Å². The van der Waals surface area contributed by atoms with Crippen LogP contribution in [0.1, 0.15) is 30.7 Å². The van der Waals surface area contributed by atoms with Gasteiger partial charge in [0, 0.05) is 32.0 Å². The van der Waals surface area contributed by atoms with Crippen molar-refractivity contribution in [3.63, 3.8) is 0 Å². The van der Waals surface area contributed by atoms with Crippen molar-refractivity contribution in [1.29, 1.82) is 0 Å². The van der Waals surface area contributed by atoms with Crippen molar-refractivity contribution in [1.82, 2.24) is 20.0 Å². The van der Waals surface area contributed by atoms with Gasteiger partial charge in [0.2, 0.25) is 17.7 Å². The Bertz CT molecular complexity index is 804. The van der Waals surface area contributed by atoms with Crippen LogP contribution in [0.25, 0.3) is 0 Å². The molecule has 0 atom stereocenters. The standard InChI is InChI=1S/C17H21ClN4O5/c1-25-13-10-19-15(16(20-13)26-2)17(24)5-7-22(8-6-17)14(23)4-3-11-9-12(18)21-27-11/h9-10,24H,3-8H2,1-2H3. The molecule has 9 nitrogen and oxygen atoms in total. The lowest BCUT2D eigenvalue weighted by atomic mass is 9.88. The summed E-state index contributed by atoms with van der Waals surface area (Å²) in [5, 5.41) is 14.9. The number of halogens is 1. The Labute approximate surface area is 161 Å². The molecule has 0 radical (unpaired) electrons. The van der Waals surface area contributed by atoms with Crippen LogP contribution in [0.3, 0.4) is 0 Å². The highest BCUT2D eigenvalue weighted by Gasteiger charge is 2.39. The number of ether oxygens (including phenoxy) is 2. The van der Waals surface area contributed by atoms with Crippen LogP contribution < -0.4 is 9.47 Å². The lowest BCUT2D eigenvalue weighted by molar-refractivity contribution is -0.136. The fourth-order valence-electron chi connectivity index (χ4n) is 3.07. The number of nitrogens with zero attached hydrogens (tertiary/aromatic N) is 4. The summed E-state index contributed by atoms with van der Waals surface area (Å²) in [6.45, 7) is 0.812. The minimum atomic E-state index is -1.21. The highest BCUT2D eigenvalue weighted by atomic mass is 35.5. The molecule has 1 aliphatic rings. The van der Waals surface area contributed by atoms with E-state index in [4.69, 9.17) is 25.6 Å². The first-order valence-corrected chi connectivity index (χ1v) is 8.90. The molecule has 1 amide bonds. The molecule has 0 bridgehead atoms. The van der Waals surface area contributed by atoms with E-state index in [0.29, 0.717) is 49.7 Å². The molecule has 1 fully saturated rings. The number of aromatic nitrogens is 3. The van der Waals surface area contributed by atoms with Gasteiger partial charge in [-0.2, -0.15) is 4.98 Å². The molecule has 1 N–H and O–H groups in total. The van der Waals surface area contributed by atoms with Crippen LogP contribution in [0.4, 0.5) is 0 Å². The van der Waals surface area contributed by atoms with Crippen LogP contribution in [-0.4, -0.2) is 58.3 Å². The van der Waals surface area contributed by atoms with Crippen LogP contribution in [0.15, 0.2) is 16.8 Å². The SMILES string of the molecule is COc1cnc(C2(O)CCN(C(=O)CCc3cc(Cl)no3)CC2)c(OC)n1. The molecule has 0 spiro atoms. The van der Waals surface area contributed by atoms with Gasteiger partial charge in [-0.3, -0.25) is 4.79 Å². The van der Waals surface area contributed by atoms with Crippen molar-refractivity contribution >= 4 is 17.5 Å². The third kappa shape index (κ3) is 4.30. The minimum absolute atomic E-state index is 0.0163. The minimum Gasteiger partial charge on any atom is -0.480 e. The van der Waals surface area contributed by atoms with Gasteiger partial charge in [-0.15, -0.1) is 0 Å². The van der Waals surface area contributed by atoms with Crippen LogP contribution in [0.2, 0.25) is 5.15 Å². The van der Waals surface area contributed by atoms with Gasteiger partial charge in [0.1, 0.15) is 17.1 Å². The average Bonchev–Trinajstić information content (AvgIpc) is 3.11. The molecular formula is C17H21ClN4O5. The Morgan fingerprint density at radius 2 is 2.11 bits per heavy atom. The lowest BCUT2D eigenvalue weighted by Gasteiger charge is -2.38. The summed E-state index contributed by atoms with van der Waals surface area (Å²) in [6.07, 6.45) is 2.83. The summed E-state index contributed by atoms with van der Waals surface area (Å²) in [5.41, 5.74) is -0.853. The molecule has 0 aromatic carbocycles. The first kappa shape index (κ1) is 19.4. The number of likely N-dealkylation sites (tertiary alicyclic amines) is 1. The Morgan fingerprint density at radius 3 is 2.70 bits per heavy atom. The van der Waals surface area contributed by atoms with Gasteiger partial charge in [-0.1, -0.05) is 16.8 Å². The highest BCUT2D eigenvalue weighted by Crippen LogP contribution is 2.36. The zero-order valence-corrected chi connectivity index (χ0v) is 15.9. The van der Waals surface area contributed by atoms with E-state index in [9.17, 15) is 9.90 Å². The van der Waals surface area contributed by atoms with Crippen molar-refractivity contribution in [2.24, 2.45) is 0 Å². The number of piperidine rings is 1. The summed E-state index contributed by atoms with van der Waals surface area (Å²) in [4.78, 5) is 22.6. The second-order valence-electron chi connectivity index (χ2n) is 6.30. The number of aryl methyl sites for hydroxylation is 1. The molecule has 27 heavy (non-hydrogen) atoms. The molecular weight excluding hydrogens is 376 g/mol. The number of hydrogen-bond acceptors (Lipinski definition) is 8. The van der Waals surface area contributed by atoms with E-state index in [2.05, 4.69) is 15.1 Å². The van der Waals surface area contributed by atoms with Gasteiger partial charge >= 0.3 is 0 Å². The molecule has 0 aliphatic carbocycles. The predicted molar refractivity (Wildman–Crippen MR) is 94.7 cm³/mol. The number of rotatable bonds is 6. The lowest BCUT2D eigenvalue weighted by Crippen LogP contribution is -2.45. The molecule has 3 rings (SSSR count). The summed E-state index contributed by atoms with van der Waals surface area (Å²) in [6, 6.07) is 1.60. The molecule has 2 aromatic heterocycles. The van der Waals surface area contributed by atoms with Crippen molar-refractivity contribution in [2.75, 3.05) is 27.3 Å². The number of hydrogen-bond donors (Lipinski definition) is 1. The van der Waals surface area contributed by atoms with E-state index in [1.54, 1.807) is 11.0 Å². The largest absolute Gasteiger partial charge is 0.480 e. The number of amides is 1. The first-order chi connectivity index (χ1) is 12.9. The third-order valence-electron chi connectivity index (χ3n) is 4.62. The maximum atomic E-state index is 12.4. The predicted octanol–water partition coefficient (Wildman–Crippen LogP) is 1.58. The topological polar surface area (TPSA) is 111 Å². The highest BCUT2D eigenvalue weighted by molar-refractivity contribution is 6.29. The van der Waals surface area contributed by atoms with Gasteiger partial charge in [0.15, 0.2) is 5.15 Å². The number of methoxy groups -OCH3 is 2. The molecule has 3 heterocycles. The fourth-order valence-corrected chi connectivity index (χ4v) is 3.23. The van der Waals surface area contributed by atoms with E-state index in [1.807, 2.05) is 0 Å². The summed E-state index contributed by atoms with van der Waals surface area (Å²) < 4.78 is 15.3. The zero-order chi connectivity index (χ0) is 19.4. The molecule has 0 saturated carbocycles. The Balaban J connectivity index is 1.61. The van der Waals surface area contributed by atoms with Gasteiger partial charge in [0.05, 0.1) is 20.4 Å². The summed E-state index contributed by atoms with van der Waals surface area (Å²) in [5.74, 6) is 1.08. The van der Waals surface area contributed by atoms with Crippen LogP contribution in [0, 0.1) is 0 Å². The summed E-state index contributed by atoms with van der Waals surface area (Å²) in [7, 11) is 2.94. The quantitative estimate of drug-likeness (QED) is 0.783. The van der Waals surface area contributed by atoms with Gasteiger partial charge < -0.3 is 24.0 Å². The smallest absolute Gasteiger partial charge is 0.241 e. The molecule has 0 unspecified atom stereocenters. The van der Waals surface area contributed by atoms with E-state index >= 15 is 0 Å². The molecule has 146 valence electrons. The molecule has 1 aliphatic heterocycles. The van der Waals surface area contributed by atoms with E-state index in [1.165, 1.54) is 20.4 Å². The Morgan fingerprint density at radius 1 is 1.37 bits per heavy atom. The number of aliphatic hydroxyl groups is 1. The van der Waals surface area contributed by atoms with Crippen molar-refractivity contribution < 1.29 is 23.9 Å². The number of carbonyl (C=O) groups is 1. The molecule has 2 aromatic rings. The van der Waals surface area contributed by atoms with Crippen LogP contribution >= 0.6 is 11.6 Å². The maximum absolute atomic E-state index is 12.4. The van der Waals surface area contributed by atoms with E-state index in [0.717, 1.165) is 0 Å². The van der Waals surface area contributed by atoms with Crippen LogP contribution in [-0.2, 0) is 16.8 Å². The monoisotopic (exact) mass is 396 g/mol. The third-order valence-corrected chi connectivity index (χ3v) is 4.80.